The smallest absolute Gasteiger partial charge is 0.266 e. The SMILES string of the molecule is CC(C)CN(C(=O)c1ccccc1)C(C)c1nc2ccccc2c(=O)n1-c1ccccc1. The van der Waals surface area contributed by atoms with Gasteiger partial charge in [0.25, 0.3) is 11.5 Å². The summed E-state index contributed by atoms with van der Waals surface area (Å²) < 4.78 is 1.64. The Bertz CT molecular complexity index is 1280. The van der Waals surface area contributed by atoms with E-state index in [4.69, 9.17) is 4.98 Å². The van der Waals surface area contributed by atoms with Crippen molar-refractivity contribution in [2.24, 2.45) is 5.92 Å². The molecule has 0 aliphatic rings. The summed E-state index contributed by atoms with van der Waals surface area (Å²) in [6, 6.07) is 25.7. The lowest BCUT2D eigenvalue weighted by Crippen LogP contribution is -2.39. The van der Waals surface area contributed by atoms with Crippen LogP contribution in [0.1, 0.15) is 43.0 Å². The molecule has 5 nitrogen and oxygen atoms in total. The molecule has 0 spiro atoms. The van der Waals surface area contributed by atoms with Crippen molar-refractivity contribution in [2.45, 2.75) is 26.8 Å². The Morgan fingerprint density at radius 3 is 2.12 bits per heavy atom. The summed E-state index contributed by atoms with van der Waals surface area (Å²) in [5.74, 6) is 0.723. The van der Waals surface area contributed by atoms with Crippen LogP contribution in [0.2, 0.25) is 0 Å². The normalized spacial score (nSPS) is 12.1. The first-order valence-electron chi connectivity index (χ1n) is 10.9. The van der Waals surface area contributed by atoms with Gasteiger partial charge in [-0.2, -0.15) is 0 Å². The summed E-state index contributed by atoms with van der Waals surface area (Å²) in [6.45, 7) is 6.65. The lowest BCUT2D eigenvalue weighted by Gasteiger charge is -2.32. The molecule has 0 bridgehead atoms. The Kier molecular flexibility index (Phi) is 6.17. The number of hydrogen-bond acceptors (Lipinski definition) is 3. The van der Waals surface area contributed by atoms with E-state index in [0.29, 0.717) is 28.8 Å². The van der Waals surface area contributed by atoms with E-state index in [9.17, 15) is 9.59 Å². The van der Waals surface area contributed by atoms with E-state index in [1.165, 1.54) is 0 Å². The fraction of sp³-hybridized carbons (Fsp3) is 0.222. The van der Waals surface area contributed by atoms with Crippen molar-refractivity contribution in [1.82, 2.24) is 14.5 Å². The molecule has 1 heterocycles. The number of benzene rings is 3. The average Bonchev–Trinajstić information content (AvgIpc) is 2.82. The number of nitrogens with zero attached hydrogens (tertiary/aromatic N) is 3. The average molecular weight is 426 g/mol. The minimum absolute atomic E-state index is 0.0752. The van der Waals surface area contributed by atoms with Gasteiger partial charge in [-0.1, -0.05) is 62.4 Å². The highest BCUT2D eigenvalue weighted by Crippen LogP contribution is 2.25. The number of carbonyl (C=O) groups is 1. The van der Waals surface area contributed by atoms with E-state index in [0.717, 1.165) is 5.69 Å². The van der Waals surface area contributed by atoms with Gasteiger partial charge < -0.3 is 4.90 Å². The van der Waals surface area contributed by atoms with Crippen LogP contribution in [0.15, 0.2) is 89.7 Å². The molecule has 0 aliphatic heterocycles. The quantitative estimate of drug-likeness (QED) is 0.424. The molecule has 3 aromatic carbocycles. The maximum atomic E-state index is 13.6. The predicted octanol–water partition coefficient (Wildman–Crippen LogP) is 5.25. The van der Waals surface area contributed by atoms with Crippen LogP contribution in [0.3, 0.4) is 0 Å². The second-order valence-corrected chi connectivity index (χ2v) is 8.36. The summed E-state index contributed by atoms with van der Waals surface area (Å²) in [5.41, 5.74) is 1.84. The van der Waals surface area contributed by atoms with E-state index < -0.39 is 6.04 Å². The van der Waals surface area contributed by atoms with Crippen molar-refractivity contribution in [1.29, 1.82) is 0 Å². The molecular formula is C27H27N3O2. The van der Waals surface area contributed by atoms with E-state index in [-0.39, 0.29) is 17.4 Å². The highest BCUT2D eigenvalue weighted by Gasteiger charge is 2.28. The summed E-state index contributed by atoms with van der Waals surface area (Å²) in [4.78, 5) is 33.8. The number of hydrogen-bond donors (Lipinski definition) is 0. The minimum atomic E-state index is -0.414. The molecule has 1 aromatic heterocycles. The van der Waals surface area contributed by atoms with Gasteiger partial charge in [0, 0.05) is 12.1 Å². The Morgan fingerprint density at radius 2 is 1.47 bits per heavy atom. The van der Waals surface area contributed by atoms with Gasteiger partial charge in [-0.25, -0.2) is 4.98 Å². The Balaban J connectivity index is 1.91. The van der Waals surface area contributed by atoms with E-state index >= 15 is 0 Å². The molecule has 0 radical (unpaired) electrons. The Morgan fingerprint density at radius 1 is 0.875 bits per heavy atom. The third-order valence-electron chi connectivity index (χ3n) is 5.50. The highest BCUT2D eigenvalue weighted by molar-refractivity contribution is 5.94. The molecule has 32 heavy (non-hydrogen) atoms. The van der Waals surface area contributed by atoms with Crippen LogP contribution in [-0.2, 0) is 0 Å². The van der Waals surface area contributed by atoms with E-state index in [1.54, 1.807) is 10.6 Å². The van der Waals surface area contributed by atoms with Crippen molar-refractivity contribution in [3.63, 3.8) is 0 Å². The topological polar surface area (TPSA) is 55.2 Å². The number of fused-ring (bicyclic) bond motifs is 1. The van der Waals surface area contributed by atoms with Crippen LogP contribution in [0.25, 0.3) is 16.6 Å². The van der Waals surface area contributed by atoms with Gasteiger partial charge in [0.05, 0.1) is 22.6 Å². The maximum Gasteiger partial charge on any atom is 0.266 e. The molecule has 0 N–H and O–H groups in total. The van der Waals surface area contributed by atoms with Crippen molar-refractivity contribution in [2.75, 3.05) is 6.54 Å². The number of carbonyl (C=O) groups excluding carboxylic acids is 1. The van der Waals surface area contributed by atoms with Crippen molar-refractivity contribution in [3.05, 3.63) is 107 Å². The molecular weight excluding hydrogens is 398 g/mol. The zero-order chi connectivity index (χ0) is 22.7. The summed E-state index contributed by atoms with van der Waals surface area (Å²) in [6.07, 6.45) is 0. The van der Waals surface area contributed by atoms with Gasteiger partial charge in [-0.05, 0) is 49.2 Å². The first-order chi connectivity index (χ1) is 15.5. The van der Waals surface area contributed by atoms with Crippen LogP contribution in [0.5, 0.6) is 0 Å². The van der Waals surface area contributed by atoms with Gasteiger partial charge in [0.15, 0.2) is 0 Å². The minimum Gasteiger partial charge on any atom is -0.328 e. The zero-order valence-corrected chi connectivity index (χ0v) is 18.6. The van der Waals surface area contributed by atoms with Crippen LogP contribution in [0, 0.1) is 5.92 Å². The second-order valence-electron chi connectivity index (χ2n) is 8.36. The molecule has 1 amide bonds. The molecule has 5 heteroatoms. The lowest BCUT2D eigenvalue weighted by atomic mass is 10.1. The zero-order valence-electron chi connectivity index (χ0n) is 18.6. The monoisotopic (exact) mass is 425 g/mol. The number of para-hydroxylation sites is 2. The molecule has 1 atom stereocenters. The van der Waals surface area contributed by atoms with Crippen LogP contribution >= 0.6 is 0 Å². The number of amides is 1. The number of aromatic nitrogens is 2. The van der Waals surface area contributed by atoms with Crippen molar-refractivity contribution >= 4 is 16.8 Å². The predicted molar refractivity (Wildman–Crippen MR) is 128 cm³/mol. The molecule has 0 saturated heterocycles. The first kappa shape index (κ1) is 21.5. The molecule has 4 rings (SSSR count). The van der Waals surface area contributed by atoms with Crippen LogP contribution in [-0.4, -0.2) is 26.9 Å². The Hall–Kier alpha value is -3.73. The Labute approximate surface area is 188 Å². The molecule has 0 fully saturated rings. The number of rotatable bonds is 6. The van der Waals surface area contributed by atoms with E-state index in [2.05, 4.69) is 13.8 Å². The van der Waals surface area contributed by atoms with E-state index in [1.807, 2.05) is 90.7 Å². The molecule has 0 saturated carbocycles. The van der Waals surface area contributed by atoms with Gasteiger partial charge in [-0.3, -0.25) is 14.2 Å². The maximum absolute atomic E-state index is 13.6. The summed E-state index contributed by atoms with van der Waals surface area (Å²) in [5, 5.41) is 0.553. The highest BCUT2D eigenvalue weighted by atomic mass is 16.2. The summed E-state index contributed by atoms with van der Waals surface area (Å²) in [7, 11) is 0. The van der Waals surface area contributed by atoms with Gasteiger partial charge >= 0.3 is 0 Å². The first-order valence-corrected chi connectivity index (χ1v) is 10.9. The van der Waals surface area contributed by atoms with Gasteiger partial charge in [0.2, 0.25) is 0 Å². The van der Waals surface area contributed by atoms with Crippen LogP contribution < -0.4 is 5.56 Å². The van der Waals surface area contributed by atoms with Crippen molar-refractivity contribution in [3.8, 4) is 5.69 Å². The fourth-order valence-electron chi connectivity index (χ4n) is 3.95. The molecule has 1 unspecified atom stereocenters. The standard InChI is InChI=1S/C27H27N3O2/c1-19(2)18-29(26(31)21-12-6-4-7-13-21)20(3)25-28-24-17-11-10-16-23(24)27(32)30(25)22-14-8-5-9-15-22/h4-17,19-20H,18H2,1-3H3. The molecule has 4 aromatic rings. The largest absolute Gasteiger partial charge is 0.328 e. The molecule has 0 aliphatic carbocycles. The lowest BCUT2D eigenvalue weighted by molar-refractivity contribution is 0.0655. The van der Waals surface area contributed by atoms with Crippen LogP contribution in [0.4, 0.5) is 0 Å². The second kappa shape index (κ2) is 9.18. The third-order valence-corrected chi connectivity index (χ3v) is 5.50. The fourth-order valence-corrected chi connectivity index (χ4v) is 3.95. The van der Waals surface area contributed by atoms with Gasteiger partial charge in [0.1, 0.15) is 5.82 Å². The summed E-state index contributed by atoms with van der Waals surface area (Å²) >= 11 is 0. The van der Waals surface area contributed by atoms with Crippen molar-refractivity contribution < 1.29 is 4.79 Å². The van der Waals surface area contributed by atoms with Gasteiger partial charge in [-0.15, -0.1) is 0 Å². The molecule has 162 valence electrons. The third kappa shape index (κ3) is 4.19.